The van der Waals surface area contributed by atoms with E-state index in [-0.39, 0.29) is 28.4 Å². The van der Waals surface area contributed by atoms with Gasteiger partial charge in [0.05, 0.1) is 6.10 Å². The number of carbonyl (C=O) groups excluding carboxylic acids is 1. The minimum absolute atomic E-state index is 0.0402. The van der Waals surface area contributed by atoms with Gasteiger partial charge in [-0.2, -0.15) is 0 Å². The molecule has 0 aromatic heterocycles. The molecular formula is C20H30O3. The highest BCUT2D eigenvalue weighted by Crippen LogP contribution is 2.62. The van der Waals surface area contributed by atoms with Crippen LogP contribution in [0, 0.1) is 28.1 Å². The summed E-state index contributed by atoms with van der Waals surface area (Å²) in [5.74, 6) is 0.443. The lowest BCUT2D eigenvalue weighted by Gasteiger charge is -2.60. The Labute approximate surface area is 139 Å². The zero-order valence-electron chi connectivity index (χ0n) is 14.8. The van der Waals surface area contributed by atoms with Crippen LogP contribution in [0.3, 0.4) is 0 Å². The number of Topliss-reactive ketones (excluding diaryl/α,β-unsaturated/α-hetero) is 1. The van der Waals surface area contributed by atoms with Crippen LogP contribution in [-0.2, 0) is 4.79 Å². The summed E-state index contributed by atoms with van der Waals surface area (Å²) in [6.45, 7) is 12.2. The molecule has 2 fully saturated rings. The molecule has 0 aromatic rings. The predicted octanol–water partition coefficient (Wildman–Crippen LogP) is 3.26. The largest absolute Gasteiger partial charge is 0.392 e. The van der Waals surface area contributed by atoms with E-state index < -0.39 is 17.6 Å². The molecule has 128 valence electrons. The Hall–Kier alpha value is -0.930. The number of carbonyl (C=O) groups is 1. The SMILES string of the molecule is C=C[C@]1(C)CC2=CC[C@H]3C(C)(C)[C@@H](O)C(=O)C[C@]3(C)[C@H]2C[C@@H]1O. The van der Waals surface area contributed by atoms with Crippen molar-refractivity contribution < 1.29 is 15.0 Å². The molecule has 0 bridgehead atoms. The monoisotopic (exact) mass is 318 g/mol. The fourth-order valence-electron chi connectivity index (χ4n) is 5.70. The molecule has 6 atom stereocenters. The van der Waals surface area contributed by atoms with E-state index in [9.17, 15) is 15.0 Å². The lowest BCUT2D eigenvalue weighted by molar-refractivity contribution is -0.163. The summed E-state index contributed by atoms with van der Waals surface area (Å²) in [6, 6.07) is 0. The van der Waals surface area contributed by atoms with E-state index in [1.807, 2.05) is 19.9 Å². The van der Waals surface area contributed by atoms with Crippen molar-refractivity contribution in [2.45, 2.75) is 65.6 Å². The van der Waals surface area contributed by atoms with Gasteiger partial charge in [0.2, 0.25) is 0 Å². The van der Waals surface area contributed by atoms with Gasteiger partial charge in [-0.15, -0.1) is 6.58 Å². The average molecular weight is 318 g/mol. The van der Waals surface area contributed by atoms with Gasteiger partial charge in [0.15, 0.2) is 5.78 Å². The lowest BCUT2D eigenvalue weighted by Crippen LogP contribution is -2.59. The van der Waals surface area contributed by atoms with Crippen LogP contribution in [0.25, 0.3) is 0 Å². The van der Waals surface area contributed by atoms with Crippen molar-refractivity contribution in [2.24, 2.45) is 28.1 Å². The number of aliphatic hydroxyl groups is 2. The molecule has 0 amide bonds. The molecule has 3 aliphatic carbocycles. The molecule has 3 aliphatic rings. The van der Waals surface area contributed by atoms with Crippen LogP contribution in [0.15, 0.2) is 24.3 Å². The maximum absolute atomic E-state index is 12.5. The van der Waals surface area contributed by atoms with Crippen molar-refractivity contribution in [2.75, 3.05) is 0 Å². The van der Waals surface area contributed by atoms with E-state index in [1.165, 1.54) is 5.57 Å². The lowest BCUT2D eigenvalue weighted by atomic mass is 9.45. The number of aliphatic hydroxyl groups excluding tert-OH is 2. The Balaban J connectivity index is 2.03. The average Bonchev–Trinajstić information content (AvgIpc) is 2.47. The molecule has 0 radical (unpaired) electrons. The summed E-state index contributed by atoms with van der Waals surface area (Å²) in [4.78, 5) is 12.5. The first-order valence-corrected chi connectivity index (χ1v) is 8.77. The van der Waals surface area contributed by atoms with Crippen molar-refractivity contribution in [1.29, 1.82) is 0 Å². The fraction of sp³-hybridized carbons (Fsp3) is 0.750. The summed E-state index contributed by atoms with van der Waals surface area (Å²) < 4.78 is 0. The Bertz CT molecular complexity index is 575. The van der Waals surface area contributed by atoms with Crippen molar-refractivity contribution >= 4 is 5.78 Å². The second kappa shape index (κ2) is 5.03. The summed E-state index contributed by atoms with van der Waals surface area (Å²) in [5, 5.41) is 21.1. The second-order valence-electron chi connectivity index (χ2n) is 9.13. The minimum atomic E-state index is -0.873. The van der Waals surface area contributed by atoms with Gasteiger partial charge >= 0.3 is 0 Å². The van der Waals surface area contributed by atoms with Crippen molar-refractivity contribution in [1.82, 2.24) is 0 Å². The van der Waals surface area contributed by atoms with Crippen molar-refractivity contribution in [3.63, 3.8) is 0 Å². The zero-order chi connectivity index (χ0) is 17.2. The van der Waals surface area contributed by atoms with Crippen LogP contribution in [0.5, 0.6) is 0 Å². The number of hydrogen-bond donors (Lipinski definition) is 2. The normalized spacial score (nSPS) is 49.0. The van der Waals surface area contributed by atoms with E-state index >= 15 is 0 Å². The fourth-order valence-corrected chi connectivity index (χ4v) is 5.70. The summed E-state index contributed by atoms with van der Waals surface area (Å²) in [5.41, 5.74) is 0.500. The first-order chi connectivity index (χ1) is 10.6. The molecule has 0 heterocycles. The van der Waals surface area contributed by atoms with E-state index in [0.717, 1.165) is 12.8 Å². The highest BCUT2D eigenvalue weighted by atomic mass is 16.3. The third-order valence-electron chi connectivity index (χ3n) is 7.39. The molecule has 3 rings (SSSR count). The van der Waals surface area contributed by atoms with Gasteiger partial charge in [0, 0.05) is 17.3 Å². The van der Waals surface area contributed by atoms with Gasteiger partial charge in [0.1, 0.15) is 6.10 Å². The van der Waals surface area contributed by atoms with E-state index in [0.29, 0.717) is 12.8 Å². The van der Waals surface area contributed by atoms with Gasteiger partial charge < -0.3 is 10.2 Å². The molecule has 0 aliphatic heterocycles. The molecule has 3 heteroatoms. The summed E-state index contributed by atoms with van der Waals surface area (Å²) in [6.07, 6.45) is 5.72. The molecule has 0 saturated heterocycles. The number of rotatable bonds is 1. The maximum atomic E-state index is 12.5. The summed E-state index contributed by atoms with van der Waals surface area (Å²) >= 11 is 0. The Morgan fingerprint density at radius 1 is 1.22 bits per heavy atom. The highest BCUT2D eigenvalue weighted by molar-refractivity contribution is 5.85. The number of hydrogen-bond acceptors (Lipinski definition) is 3. The first-order valence-electron chi connectivity index (χ1n) is 8.77. The van der Waals surface area contributed by atoms with Crippen molar-refractivity contribution in [3.8, 4) is 0 Å². The molecule has 2 N–H and O–H groups in total. The van der Waals surface area contributed by atoms with E-state index in [1.54, 1.807) is 0 Å². The standard InChI is InChI=1S/C20H30O3/c1-6-19(4)10-12-7-8-15-18(2,3)17(23)14(21)11-20(15,5)13(12)9-16(19)22/h6-7,13,15-17,22-23H,1,8-11H2,2-5H3/t13-,15-,16-,17-,19+,20+/m0/s1. The van der Waals surface area contributed by atoms with Crippen molar-refractivity contribution in [3.05, 3.63) is 24.3 Å². The first kappa shape index (κ1) is 16.9. The minimum Gasteiger partial charge on any atom is -0.392 e. The number of ketones is 1. The van der Waals surface area contributed by atoms with Gasteiger partial charge in [0.25, 0.3) is 0 Å². The molecule has 3 nitrogen and oxygen atoms in total. The quantitative estimate of drug-likeness (QED) is 0.730. The Morgan fingerprint density at radius 3 is 2.48 bits per heavy atom. The van der Waals surface area contributed by atoms with E-state index in [4.69, 9.17) is 0 Å². The number of fused-ring (bicyclic) bond motifs is 3. The molecule has 2 saturated carbocycles. The van der Waals surface area contributed by atoms with Crippen LogP contribution in [0.1, 0.15) is 53.4 Å². The Kier molecular flexibility index (Phi) is 3.70. The third kappa shape index (κ3) is 2.20. The smallest absolute Gasteiger partial charge is 0.162 e. The Morgan fingerprint density at radius 2 is 1.87 bits per heavy atom. The van der Waals surface area contributed by atoms with E-state index in [2.05, 4.69) is 26.5 Å². The van der Waals surface area contributed by atoms with Crippen LogP contribution in [0.2, 0.25) is 0 Å². The van der Waals surface area contributed by atoms with Gasteiger partial charge in [-0.05, 0) is 36.5 Å². The van der Waals surface area contributed by atoms with Crippen LogP contribution < -0.4 is 0 Å². The second-order valence-corrected chi connectivity index (χ2v) is 9.13. The molecule has 0 aromatic carbocycles. The molecule has 0 unspecified atom stereocenters. The van der Waals surface area contributed by atoms with Gasteiger partial charge in [-0.3, -0.25) is 4.79 Å². The maximum Gasteiger partial charge on any atom is 0.162 e. The highest BCUT2D eigenvalue weighted by Gasteiger charge is 2.60. The molecular weight excluding hydrogens is 288 g/mol. The van der Waals surface area contributed by atoms with Gasteiger partial charge in [-0.1, -0.05) is 45.4 Å². The topological polar surface area (TPSA) is 57.5 Å². The van der Waals surface area contributed by atoms with Crippen LogP contribution >= 0.6 is 0 Å². The molecule has 23 heavy (non-hydrogen) atoms. The molecule has 0 spiro atoms. The number of allylic oxidation sites excluding steroid dienone is 2. The van der Waals surface area contributed by atoms with Crippen LogP contribution in [-0.4, -0.2) is 28.2 Å². The predicted molar refractivity (Wildman–Crippen MR) is 90.7 cm³/mol. The van der Waals surface area contributed by atoms with Crippen LogP contribution in [0.4, 0.5) is 0 Å². The zero-order valence-corrected chi connectivity index (χ0v) is 14.8. The van der Waals surface area contributed by atoms with Gasteiger partial charge in [-0.25, -0.2) is 0 Å². The summed E-state index contributed by atoms with van der Waals surface area (Å²) in [7, 11) is 0. The third-order valence-corrected chi connectivity index (χ3v) is 7.39.